The zero-order valence-corrected chi connectivity index (χ0v) is 8.01. The van der Waals surface area contributed by atoms with Crippen LogP contribution in [0.4, 0.5) is 0 Å². The van der Waals surface area contributed by atoms with Crippen LogP contribution in [0.3, 0.4) is 0 Å². The zero-order valence-electron chi connectivity index (χ0n) is 8.01. The highest BCUT2D eigenvalue weighted by Gasteiger charge is 2.06. The van der Waals surface area contributed by atoms with Gasteiger partial charge in [0.05, 0.1) is 38.1 Å². The van der Waals surface area contributed by atoms with Crippen molar-refractivity contribution >= 4 is 5.97 Å². The molecule has 0 bridgehead atoms. The van der Waals surface area contributed by atoms with Gasteiger partial charge in [-0.2, -0.15) is 0 Å². The second kappa shape index (κ2) is 5.33. The first-order valence-corrected chi connectivity index (χ1v) is 4.41. The van der Waals surface area contributed by atoms with Gasteiger partial charge in [0.15, 0.2) is 0 Å². The molecule has 0 aliphatic carbocycles. The molecule has 6 heteroatoms. The van der Waals surface area contributed by atoms with E-state index in [1.165, 1.54) is 10.9 Å². The highest BCUT2D eigenvalue weighted by Crippen LogP contribution is 1.98. The van der Waals surface area contributed by atoms with E-state index in [2.05, 4.69) is 10.3 Å². The van der Waals surface area contributed by atoms with Crippen LogP contribution in [-0.4, -0.2) is 32.7 Å². The number of aliphatic hydroxyl groups is 1. The lowest BCUT2D eigenvalue weighted by molar-refractivity contribution is -0.143. The van der Waals surface area contributed by atoms with Crippen molar-refractivity contribution in [3.8, 4) is 0 Å². The molecule has 0 aliphatic rings. The Labute approximate surface area is 81.5 Å². The third-order valence-corrected chi connectivity index (χ3v) is 1.69. The molecule has 14 heavy (non-hydrogen) atoms. The van der Waals surface area contributed by atoms with E-state index >= 15 is 0 Å². The fourth-order valence-corrected chi connectivity index (χ4v) is 1.02. The number of rotatable bonds is 5. The van der Waals surface area contributed by atoms with E-state index in [0.717, 1.165) is 0 Å². The molecule has 0 saturated carbocycles. The Morgan fingerprint density at radius 1 is 1.71 bits per heavy atom. The number of aliphatic hydroxyl groups excluding tert-OH is 1. The largest absolute Gasteiger partial charge is 0.466 e. The number of carbonyl (C=O) groups excluding carboxylic acids is 1. The Kier molecular flexibility index (Phi) is 4.06. The summed E-state index contributed by atoms with van der Waals surface area (Å²) in [6, 6.07) is 0. The van der Waals surface area contributed by atoms with Crippen LogP contribution in [0, 0.1) is 0 Å². The molecule has 1 heterocycles. The summed E-state index contributed by atoms with van der Waals surface area (Å²) >= 11 is 0. The van der Waals surface area contributed by atoms with E-state index in [1.54, 1.807) is 6.92 Å². The maximum absolute atomic E-state index is 11.0. The molecule has 0 atom stereocenters. The lowest BCUT2D eigenvalue weighted by atomic mass is 10.4. The molecule has 1 aromatic heterocycles. The molecule has 6 nitrogen and oxygen atoms in total. The van der Waals surface area contributed by atoms with E-state index in [1.807, 2.05) is 0 Å². The number of nitrogens with zero attached hydrogens (tertiary/aromatic N) is 3. The van der Waals surface area contributed by atoms with Gasteiger partial charge in [0.2, 0.25) is 0 Å². The second-order valence-corrected chi connectivity index (χ2v) is 2.66. The summed E-state index contributed by atoms with van der Waals surface area (Å²) in [5.74, 6) is -0.271. The molecule has 1 rings (SSSR count). The van der Waals surface area contributed by atoms with Crippen molar-refractivity contribution in [2.24, 2.45) is 0 Å². The molecular formula is C8H13N3O3. The topological polar surface area (TPSA) is 77.2 Å². The standard InChI is InChI=1S/C8H13N3O3/c1-2-14-8(13)3-4-11-7(6-12)5-9-10-11/h5,12H,2-4,6H2,1H3. The minimum Gasteiger partial charge on any atom is -0.466 e. The molecule has 0 fully saturated rings. The van der Waals surface area contributed by atoms with Crippen molar-refractivity contribution < 1.29 is 14.6 Å². The highest BCUT2D eigenvalue weighted by atomic mass is 16.5. The van der Waals surface area contributed by atoms with E-state index in [0.29, 0.717) is 18.8 Å². The average Bonchev–Trinajstić information content (AvgIpc) is 2.62. The molecule has 1 N–H and O–H groups in total. The van der Waals surface area contributed by atoms with Crippen LogP contribution in [0.2, 0.25) is 0 Å². The molecule has 1 aromatic rings. The summed E-state index contributed by atoms with van der Waals surface area (Å²) < 4.78 is 6.23. The summed E-state index contributed by atoms with van der Waals surface area (Å²) in [6.45, 7) is 2.39. The Hall–Kier alpha value is -1.43. The fraction of sp³-hybridized carbons (Fsp3) is 0.625. The third kappa shape index (κ3) is 2.81. The summed E-state index contributed by atoms with van der Waals surface area (Å²) in [4.78, 5) is 11.0. The summed E-state index contributed by atoms with van der Waals surface area (Å²) in [6.07, 6.45) is 1.70. The van der Waals surface area contributed by atoms with E-state index in [9.17, 15) is 4.79 Å². The van der Waals surface area contributed by atoms with Crippen LogP contribution < -0.4 is 0 Å². The molecule has 78 valence electrons. The van der Waals surface area contributed by atoms with Crippen molar-refractivity contribution in [1.82, 2.24) is 15.0 Å². The van der Waals surface area contributed by atoms with Gasteiger partial charge in [-0.25, -0.2) is 4.68 Å². The van der Waals surface area contributed by atoms with Crippen molar-refractivity contribution in [2.45, 2.75) is 26.5 Å². The molecule has 0 aromatic carbocycles. The summed E-state index contributed by atoms with van der Waals surface area (Å²) in [5, 5.41) is 16.2. The molecule has 0 amide bonds. The number of aromatic nitrogens is 3. The lowest BCUT2D eigenvalue weighted by Gasteiger charge is -2.03. The van der Waals surface area contributed by atoms with Gasteiger partial charge in [0, 0.05) is 0 Å². The van der Waals surface area contributed by atoms with Crippen LogP contribution in [0.5, 0.6) is 0 Å². The maximum Gasteiger partial charge on any atom is 0.307 e. The molecule has 0 radical (unpaired) electrons. The Balaban J connectivity index is 2.41. The third-order valence-electron chi connectivity index (χ3n) is 1.69. The van der Waals surface area contributed by atoms with Crippen molar-refractivity contribution in [3.63, 3.8) is 0 Å². The Morgan fingerprint density at radius 3 is 3.14 bits per heavy atom. The summed E-state index contributed by atoms with van der Waals surface area (Å²) in [5.41, 5.74) is 0.592. The monoisotopic (exact) mass is 199 g/mol. The molecule has 0 unspecified atom stereocenters. The van der Waals surface area contributed by atoms with Crippen molar-refractivity contribution in [3.05, 3.63) is 11.9 Å². The van der Waals surface area contributed by atoms with Gasteiger partial charge in [-0.15, -0.1) is 5.10 Å². The minimum absolute atomic E-state index is 0.129. The summed E-state index contributed by atoms with van der Waals surface area (Å²) in [7, 11) is 0. The zero-order chi connectivity index (χ0) is 10.4. The van der Waals surface area contributed by atoms with Crippen LogP contribution in [0.15, 0.2) is 6.20 Å². The Bertz CT molecular complexity index is 298. The number of hydrogen-bond donors (Lipinski definition) is 1. The molecule has 0 aliphatic heterocycles. The van der Waals surface area contributed by atoms with Gasteiger partial charge in [-0.1, -0.05) is 5.21 Å². The van der Waals surface area contributed by atoms with Crippen LogP contribution in [0.1, 0.15) is 19.0 Å². The fourth-order valence-electron chi connectivity index (χ4n) is 1.02. The quantitative estimate of drug-likeness (QED) is 0.660. The van der Waals surface area contributed by atoms with Gasteiger partial charge < -0.3 is 9.84 Å². The first-order chi connectivity index (χ1) is 6.77. The van der Waals surface area contributed by atoms with Gasteiger partial charge >= 0.3 is 5.97 Å². The minimum atomic E-state index is -0.271. The van der Waals surface area contributed by atoms with Crippen LogP contribution in [-0.2, 0) is 22.7 Å². The highest BCUT2D eigenvalue weighted by molar-refractivity contribution is 5.69. The van der Waals surface area contributed by atoms with Gasteiger partial charge in [-0.05, 0) is 6.92 Å². The molecule has 0 spiro atoms. The molecular weight excluding hydrogens is 186 g/mol. The number of ether oxygens (including phenoxy) is 1. The first-order valence-electron chi connectivity index (χ1n) is 4.41. The number of carbonyl (C=O) groups is 1. The first kappa shape index (κ1) is 10.6. The number of esters is 1. The molecule has 0 saturated heterocycles. The van der Waals surface area contributed by atoms with Gasteiger partial charge in [0.1, 0.15) is 0 Å². The van der Waals surface area contributed by atoms with Crippen molar-refractivity contribution in [2.75, 3.05) is 6.61 Å². The normalized spacial score (nSPS) is 10.1. The number of aryl methyl sites for hydroxylation is 1. The lowest BCUT2D eigenvalue weighted by Crippen LogP contribution is -2.12. The smallest absolute Gasteiger partial charge is 0.307 e. The Morgan fingerprint density at radius 2 is 2.50 bits per heavy atom. The van der Waals surface area contributed by atoms with Crippen molar-refractivity contribution in [1.29, 1.82) is 0 Å². The maximum atomic E-state index is 11.0. The van der Waals surface area contributed by atoms with E-state index in [4.69, 9.17) is 9.84 Å². The average molecular weight is 199 g/mol. The van der Waals surface area contributed by atoms with E-state index < -0.39 is 0 Å². The predicted molar refractivity (Wildman–Crippen MR) is 47.2 cm³/mol. The predicted octanol–water partition coefficient (Wildman–Crippen LogP) is -0.276. The van der Waals surface area contributed by atoms with Gasteiger partial charge in [0.25, 0.3) is 0 Å². The van der Waals surface area contributed by atoms with E-state index in [-0.39, 0.29) is 19.0 Å². The number of hydrogen-bond acceptors (Lipinski definition) is 5. The van der Waals surface area contributed by atoms with Crippen LogP contribution >= 0.6 is 0 Å². The van der Waals surface area contributed by atoms with Gasteiger partial charge in [-0.3, -0.25) is 4.79 Å². The van der Waals surface area contributed by atoms with Crippen LogP contribution in [0.25, 0.3) is 0 Å². The SMILES string of the molecule is CCOC(=O)CCn1nncc1CO. The second-order valence-electron chi connectivity index (χ2n) is 2.66.